The predicted molar refractivity (Wildman–Crippen MR) is 96.6 cm³/mol. The van der Waals surface area contributed by atoms with Crippen LogP contribution in [-0.2, 0) is 11.2 Å². The molecular formula is C21H31NO2. The Labute approximate surface area is 146 Å². The van der Waals surface area contributed by atoms with Gasteiger partial charge in [0.05, 0.1) is 5.60 Å². The van der Waals surface area contributed by atoms with Crippen LogP contribution in [0.3, 0.4) is 0 Å². The molecule has 132 valence electrons. The van der Waals surface area contributed by atoms with Gasteiger partial charge in [0, 0.05) is 25.4 Å². The van der Waals surface area contributed by atoms with Gasteiger partial charge >= 0.3 is 0 Å². The zero-order chi connectivity index (χ0) is 17.0. The summed E-state index contributed by atoms with van der Waals surface area (Å²) in [7, 11) is 0. The van der Waals surface area contributed by atoms with Gasteiger partial charge in [-0.3, -0.25) is 4.79 Å². The number of hydrogen-bond acceptors (Lipinski definition) is 2. The summed E-state index contributed by atoms with van der Waals surface area (Å²) in [4.78, 5) is 14.6. The van der Waals surface area contributed by atoms with Gasteiger partial charge in [0.2, 0.25) is 5.91 Å². The largest absolute Gasteiger partial charge is 0.390 e. The quantitative estimate of drug-likeness (QED) is 0.807. The van der Waals surface area contributed by atoms with Crippen molar-refractivity contribution in [2.24, 2.45) is 11.8 Å². The topological polar surface area (TPSA) is 40.5 Å². The number of aryl methyl sites for hydroxylation is 1. The van der Waals surface area contributed by atoms with Crippen molar-refractivity contribution in [3.63, 3.8) is 0 Å². The van der Waals surface area contributed by atoms with Crippen molar-refractivity contribution in [3.8, 4) is 0 Å². The van der Waals surface area contributed by atoms with Crippen LogP contribution in [0, 0.1) is 11.8 Å². The summed E-state index contributed by atoms with van der Waals surface area (Å²) < 4.78 is 0. The molecule has 1 aromatic rings. The van der Waals surface area contributed by atoms with Crippen LogP contribution in [0.25, 0.3) is 0 Å². The number of benzene rings is 1. The third-order valence-electron chi connectivity index (χ3n) is 6.23. The summed E-state index contributed by atoms with van der Waals surface area (Å²) in [5.41, 5.74) is 0.816. The minimum absolute atomic E-state index is 0.288. The predicted octanol–water partition coefficient (Wildman–Crippen LogP) is 3.80. The smallest absolute Gasteiger partial charge is 0.222 e. The molecular weight excluding hydrogens is 298 g/mol. The lowest BCUT2D eigenvalue weighted by atomic mass is 9.69. The van der Waals surface area contributed by atoms with Gasteiger partial charge in [0.1, 0.15) is 0 Å². The van der Waals surface area contributed by atoms with Crippen LogP contribution in [0.2, 0.25) is 0 Å². The second-order valence-electron chi connectivity index (χ2n) is 7.71. The van der Waals surface area contributed by atoms with Crippen LogP contribution in [0.1, 0.15) is 57.4 Å². The highest BCUT2D eigenvalue weighted by atomic mass is 16.3. The number of rotatable bonds is 6. The van der Waals surface area contributed by atoms with E-state index in [1.807, 2.05) is 11.0 Å². The fourth-order valence-electron chi connectivity index (χ4n) is 4.68. The normalized spacial score (nSPS) is 29.5. The highest BCUT2D eigenvalue weighted by Crippen LogP contribution is 2.44. The van der Waals surface area contributed by atoms with Crippen molar-refractivity contribution in [2.75, 3.05) is 13.1 Å². The number of fused-ring (bicyclic) bond motifs is 1. The van der Waals surface area contributed by atoms with Gasteiger partial charge in [-0.25, -0.2) is 0 Å². The lowest BCUT2D eigenvalue weighted by Gasteiger charge is -2.40. The number of carbonyl (C=O) groups is 1. The van der Waals surface area contributed by atoms with E-state index in [0.29, 0.717) is 18.3 Å². The standard InChI is InChI=1S/C21H31NO2/c1-2-21(24)14-8-12-18-15-22(16-19(18)21)20(23)13-7-6-11-17-9-4-3-5-10-17/h3-5,9-10,18-19,24H,2,6-8,11-16H2,1H3/t18-,19+,21-/m1/s1. The average Bonchev–Trinajstić information content (AvgIpc) is 3.06. The lowest BCUT2D eigenvalue weighted by Crippen LogP contribution is -2.44. The van der Waals surface area contributed by atoms with E-state index in [9.17, 15) is 9.90 Å². The van der Waals surface area contributed by atoms with Crippen molar-refractivity contribution in [1.82, 2.24) is 4.90 Å². The highest BCUT2D eigenvalue weighted by Gasteiger charge is 2.48. The number of carbonyl (C=O) groups excluding carboxylic acids is 1. The van der Waals surface area contributed by atoms with E-state index < -0.39 is 5.60 Å². The molecule has 1 aliphatic heterocycles. The first-order chi connectivity index (χ1) is 11.6. The summed E-state index contributed by atoms with van der Waals surface area (Å²) in [5.74, 6) is 1.09. The van der Waals surface area contributed by atoms with Crippen LogP contribution < -0.4 is 0 Å². The van der Waals surface area contributed by atoms with E-state index in [1.165, 1.54) is 12.0 Å². The Morgan fingerprint density at radius 3 is 2.79 bits per heavy atom. The molecule has 1 amide bonds. The molecule has 0 radical (unpaired) electrons. The minimum Gasteiger partial charge on any atom is -0.390 e. The minimum atomic E-state index is -0.536. The third kappa shape index (κ3) is 3.83. The molecule has 1 N–H and O–H groups in total. The molecule has 0 bridgehead atoms. The van der Waals surface area contributed by atoms with E-state index in [0.717, 1.165) is 51.6 Å². The number of likely N-dealkylation sites (tertiary alicyclic amines) is 1. The summed E-state index contributed by atoms with van der Waals surface area (Å²) in [5, 5.41) is 10.9. The maximum absolute atomic E-state index is 12.5. The summed E-state index contributed by atoms with van der Waals surface area (Å²) in [6, 6.07) is 10.5. The van der Waals surface area contributed by atoms with Crippen LogP contribution >= 0.6 is 0 Å². The fourth-order valence-corrected chi connectivity index (χ4v) is 4.68. The maximum Gasteiger partial charge on any atom is 0.222 e. The zero-order valence-corrected chi connectivity index (χ0v) is 14.9. The molecule has 2 fully saturated rings. The molecule has 1 heterocycles. The molecule has 3 rings (SSSR count). The summed E-state index contributed by atoms with van der Waals surface area (Å²) in [6.45, 7) is 3.72. The average molecular weight is 329 g/mol. The molecule has 3 heteroatoms. The molecule has 0 spiro atoms. The van der Waals surface area contributed by atoms with Gasteiger partial charge in [0.25, 0.3) is 0 Å². The van der Waals surface area contributed by atoms with Gasteiger partial charge in [-0.2, -0.15) is 0 Å². The fraction of sp³-hybridized carbons (Fsp3) is 0.667. The van der Waals surface area contributed by atoms with Gasteiger partial charge in [-0.1, -0.05) is 43.7 Å². The van der Waals surface area contributed by atoms with Crippen molar-refractivity contribution < 1.29 is 9.90 Å². The van der Waals surface area contributed by atoms with E-state index in [1.54, 1.807) is 0 Å². The Bertz CT molecular complexity index is 544. The van der Waals surface area contributed by atoms with Crippen molar-refractivity contribution in [3.05, 3.63) is 35.9 Å². The second-order valence-corrected chi connectivity index (χ2v) is 7.71. The SMILES string of the molecule is CC[C@@]1(O)CCC[C@@H]2CN(C(=O)CCCCc3ccccc3)C[C@@H]21. The van der Waals surface area contributed by atoms with Crippen molar-refractivity contribution >= 4 is 5.91 Å². The zero-order valence-electron chi connectivity index (χ0n) is 14.9. The Hall–Kier alpha value is -1.35. The summed E-state index contributed by atoms with van der Waals surface area (Å²) in [6.07, 6.45) is 7.71. The molecule has 1 aliphatic carbocycles. The van der Waals surface area contributed by atoms with Crippen molar-refractivity contribution in [1.29, 1.82) is 0 Å². The number of amides is 1. The lowest BCUT2D eigenvalue weighted by molar-refractivity contribution is -0.130. The second kappa shape index (κ2) is 7.69. The van der Waals surface area contributed by atoms with E-state index >= 15 is 0 Å². The van der Waals surface area contributed by atoms with Gasteiger partial charge < -0.3 is 10.0 Å². The molecule has 3 atom stereocenters. The van der Waals surface area contributed by atoms with Gasteiger partial charge in [0.15, 0.2) is 0 Å². The molecule has 24 heavy (non-hydrogen) atoms. The van der Waals surface area contributed by atoms with E-state index in [-0.39, 0.29) is 5.91 Å². The van der Waals surface area contributed by atoms with E-state index in [4.69, 9.17) is 0 Å². The Morgan fingerprint density at radius 2 is 2.04 bits per heavy atom. The number of aliphatic hydroxyl groups is 1. The van der Waals surface area contributed by atoms with E-state index in [2.05, 4.69) is 31.2 Å². The first-order valence-corrected chi connectivity index (χ1v) is 9.66. The van der Waals surface area contributed by atoms with Crippen molar-refractivity contribution in [2.45, 2.75) is 63.9 Å². The van der Waals surface area contributed by atoms with Crippen LogP contribution in [0.15, 0.2) is 30.3 Å². The first kappa shape index (κ1) is 17.5. The van der Waals surface area contributed by atoms with Gasteiger partial charge in [-0.05, 0) is 50.0 Å². The molecule has 2 aliphatic rings. The number of hydrogen-bond donors (Lipinski definition) is 1. The third-order valence-corrected chi connectivity index (χ3v) is 6.23. The molecule has 3 nitrogen and oxygen atoms in total. The number of unbranched alkanes of at least 4 members (excludes halogenated alkanes) is 1. The number of nitrogens with zero attached hydrogens (tertiary/aromatic N) is 1. The molecule has 1 saturated heterocycles. The Morgan fingerprint density at radius 1 is 1.25 bits per heavy atom. The molecule has 1 aromatic carbocycles. The maximum atomic E-state index is 12.5. The Balaban J connectivity index is 1.45. The van der Waals surface area contributed by atoms with Crippen LogP contribution in [0.5, 0.6) is 0 Å². The first-order valence-electron chi connectivity index (χ1n) is 9.66. The van der Waals surface area contributed by atoms with Crippen LogP contribution in [-0.4, -0.2) is 34.6 Å². The molecule has 0 aromatic heterocycles. The van der Waals surface area contributed by atoms with Crippen LogP contribution in [0.4, 0.5) is 0 Å². The molecule has 1 saturated carbocycles. The summed E-state index contributed by atoms with van der Waals surface area (Å²) >= 11 is 0. The monoisotopic (exact) mass is 329 g/mol. The molecule has 0 unspecified atom stereocenters. The Kier molecular flexibility index (Phi) is 5.60. The highest BCUT2D eigenvalue weighted by molar-refractivity contribution is 5.76. The van der Waals surface area contributed by atoms with Gasteiger partial charge in [-0.15, -0.1) is 0 Å².